The molecule has 7 heteroatoms. The van der Waals surface area contributed by atoms with Crippen molar-refractivity contribution < 1.29 is 23.9 Å². The Morgan fingerprint density at radius 1 is 1.12 bits per heavy atom. The summed E-state index contributed by atoms with van der Waals surface area (Å²) in [4.78, 5) is 13.3. The molecular formula is C17H20N2O5. The first-order chi connectivity index (χ1) is 11.6. The molecular weight excluding hydrogens is 312 g/mol. The molecule has 0 radical (unpaired) electrons. The van der Waals surface area contributed by atoms with Gasteiger partial charge in [-0.15, -0.1) is 0 Å². The lowest BCUT2D eigenvalue weighted by molar-refractivity contribution is 0.0652. The molecule has 0 aliphatic carbocycles. The SMILES string of the molecule is COc1cc(N2CCCCC2)c(OC)cc1-c1cc(C(=O)O)on1. The van der Waals surface area contributed by atoms with E-state index < -0.39 is 5.97 Å². The van der Waals surface area contributed by atoms with Crippen LogP contribution in [-0.2, 0) is 0 Å². The molecule has 0 spiro atoms. The number of carboxylic acids is 1. The van der Waals surface area contributed by atoms with Crippen molar-refractivity contribution in [2.75, 3.05) is 32.2 Å². The number of anilines is 1. The van der Waals surface area contributed by atoms with Crippen molar-refractivity contribution in [2.24, 2.45) is 0 Å². The summed E-state index contributed by atoms with van der Waals surface area (Å²) in [5.41, 5.74) is 2.00. The Labute approximate surface area is 139 Å². The van der Waals surface area contributed by atoms with Crippen LogP contribution in [0.2, 0.25) is 0 Å². The molecule has 7 nitrogen and oxygen atoms in total. The predicted octanol–water partition coefficient (Wildman–Crippen LogP) is 3.05. The summed E-state index contributed by atoms with van der Waals surface area (Å²) < 4.78 is 15.9. The minimum atomic E-state index is -1.16. The second-order valence-corrected chi connectivity index (χ2v) is 5.65. The van der Waals surface area contributed by atoms with E-state index in [0.717, 1.165) is 31.6 Å². The Morgan fingerprint density at radius 3 is 2.42 bits per heavy atom. The number of aromatic nitrogens is 1. The number of hydrogen-bond donors (Lipinski definition) is 1. The predicted molar refractivity (Wildman–Crippen MR) is 88.1 cm³/mol. The van der Waals surface area contributed by atoms with Crippen molar-refractivity contribution in [3.63, 3.8) is 0 Å². The van der Waals surface area contributed by atoms with Crippen LogP contribution in [-0.4, -0.2) is 43.5 Å². The lowest BCUT2D eigenvalue weighted by Crippen LogP contribution is -2.29. The summed E-state index contributed by atoms with van der Waals surface area (Å²) in [6.45, 7) is 1.96. The molecule has 1 aliphatic rings. The van der Waals surface area contributed by atoms with E-state index in [2.05, 4.69) is 10.1 Å². The second kappa shape index (κ2) is 6.82. The van der Waals surface area contributed by atoms with Crippen LogP contribution in [0.5, 0.6) is 11.5 Å². The van der Waals surface area contributed by atoms with Gasteiger partial charge >= 0.3 is 5.97 Å². The number of methoxy groups -OCH3 is 2. The van der Waals surface area contributed by atoms with Crippen molar-refractivity contribution in [3.8, 4) is 22.8 Å². The molecule has 2 aromatic rings. The highest BCUT2D eigenvalue weighted by Gasteiger charge is 2.21. The third kappa shape index (κ3) is 3.02. The van der Waals surface area contributed by atoms with E-state index in [9.17, 15) is 4.79 Å². The molecule has 0 saturated carbocycles. The van der Waals surface area contributed by atoms with E-state index in [1.165, 1.54) is 12.5 Å². The van der Waals surface area contributed by atoms with Crippen molar-refractivity contribution in [1.82, 2.24) is 5.16 Å². The summed E-state index contributed by atoms with van der Waals surface area (Å²) in [6, 6.07) is 5.10. The van der Waals surface area contributed by atoms with Crippen molar-refractivity contribution in [3.05, 3.63) is 24.0 Å². The lowest BCUT2D eigenvalue weighted by Gasteiger charge is -2.30. The summed E-state index contributed by atoms with van der Waals surface area (Å²) in [6.07, 6.45) is 3.54. The number of aromatic carboxylic acids is 1. The summed E-state index contributed by atoms with van der Waals surface area (Å²) in [5.74, 6) is -0.0788. The standard InChI is InChI=1S/C17H20N2O5/c1-22-14-10-13(19-6-4-3-5-7-19)15(23-2)8-11(14)12-9-16(17(20)21)24-18-12/h8-10H,3-7H2,1-2H3,(H,20,21). The lowest BCUT2D eigenvalue weighted by atomic mass is 10.1. The first-order valence-electron chi connectivity index (χ1n) is 7.85. The van der Waals surface area contributed by atoms with E-state index in [0.29, 0.717) is 22.8 Å². The molecule has 2 heterocycles. The minimum absolute atomic E-state index is 0.217. The fraction of sp³-hybridized carbons (Fsp3) is 0.412. The van der Waals surface area contributed by atoms with Crippen LogP contribution in [0.15, 0.2) is 22.7 Å². The summed E-state index contributed by atoms with van der Waals surface area (Å²) >= 11 is 0. The van der Waals surface area contributed by atoms with Crippen molar-refractivity contribution in [2.45, 2.75) is 19.3 Å². The highest BCUT2D eigenvalue weighted by atomic mass is 16.5. The number of benzene rings is 1. The van der Waals surface area contributed by atoms with E-state index in [4.69, 9.17) is 19.1 Å². The largest absolute Gasteiger partial charge is 0.496 e. The molecule has 24 heavy (non-hydrogen) atoms. The second-order valence-electron chi connectivity index (χ2n) is 5.65. The van der Waals surface area contributed by atoms with Crippen molar-refractivity contribution >= 4 is 11.7 Å². The van der Waals surface area contributed by atoms with Gasteiger partial charge in [0.1, 0.15) is 17.2 Å². The number of rotatable bonds is 5. The fourth-order valence-corrected chi connectivity index (χ4v) is 2.97. The molecule has 1 N–H and O–H groups in total. The number of ether oxygens (including phenoxy) is 2. The average molecular weight is 332 g/mol. The molecule has 1 saturated heterocycles. The number of hydrogen-bond acceptors (Lipinski definition) is 6. The summed E-state index contributed by atoms with van der Waals surface area (Å²) in [7, 11) is 3.19. The minimum Gasteiger partial charge on any atom is -0.496 e. The monoisotopic (exact) mass is 332 g/mol. The maximum atomic E-state index is 11.0. The molecule has 0 bridgehead atoms. The van der Waals surface area contributed by atoms with Crippen LogP contribution in [0.1, 0.15) is 29.8 Å². The normalized spacial score (nSPS) is 14.5. The third-order valence-corrected chi connectivity index (χ3v) is 4.19. The Morgan fingerprint density at radius 2 is 1.83 bits per heavy atom. The number of nitrogens with zero attached hydrogens (tertiary/aromatic N) is 2. The van der Waals surface area contributed by atoms with Gasteiger partial charge in [-0.2, -0.15) is 0 Å². The van der Waals surface area contributed by atoms with E-state index in [1.54, 1.807) is 14.2 Å². The molecule has 0 amide bonds. The fourth-order valence-electron chi connectivity index (χ4n) is 2.97. The van der Waals surface area contributed by atoms with Gasteiger partial charge in [-0.25, -0.2) is 4.79 Å². The van der Waals surface area contributed by atoms with E-state index in [-0.39, 0.29) is 5.76 Å². The molecule has 1 aromatic heterocycles. The average Bonchev–Trinajstić information content (AvgIpc) is 3.11. The first-order valence-corrected chi connectivity index (χ1v) is 7.85. The van der Waals surface area contributed by atoms with Gasteiger partial charge in [0, 0.05) is 30.8 Å². The first kappa shape index (κ1) is 16.2. The molecule has 0 atom stereocenters. The topological polar surface area (TPSA) is 85.0 Å². The molecule has 1 fully saturated rings. The highest BCUT2D eigenvalue weighted by molar-refractivity contribution is 5.86. The third-order valence-electron chi connectivity index (χ3n) is 4.19. The highest BCUT2D eigenvalue weighted by Crippen LogP contribution is 2.41. The van der Waals surface area contributed by atoms with Crippen LogP contribution in [0.4, 0.5) is 5.69 Å². The van der Waals surface area contributed by atoms with Crippen LogP contribution < -0.4 is 14.4 Å². The van der Waals surface area contributed by atoms with Crippen LogP contribution in [0, 0.1) is 0 Å². The maximum absolute atomic E-state index is 11.0. The van der Waals surface area contributed by atoms with Crippen molar-refractivity contribution in [1.29, 1.82) is 0 Å². The van der Waals surface area contributed by atoms with Gasteiger partial charge in [-0.1, -0.05) is 5.16 Å². The van der Waals surface area contributed by atoms with Crippen LogP contribution >= 0.6 is 0 Å². The molecule has 1 aromatic carbocycles. The van der Waals surface area contributed by atoms with Gasteiger partial charge < -0.3 is 24.0 Å². The smallest absolute Gasteiger partial charge is 0.374 e. The van der Waals surface area contributed by atoms with Gasteiger partial charge in [0.15, 0.2) is 0 Å². The Bertz CT molecular complexity index is 735. The van der Waals surface area contributed by atoms with Gasteiger partial charge in [-0.3, -0.25) is 0 Å². The quantitative estimate of drug-likeness (QED) is 0.900. The molecule has 0 unspecified atom stereocenters. The van der Waals surface area contributed by atoms with Crippen LogP contribution in [0.3, 0.4) is 0 Å². The zero-order valence-corrected chi connectivity index (χ0v) is 13.7. The van der Waals surface area contributed by atoms with E-state index >= 15 is 0 Å². The zero-order chi connectivity index (χ0) is 17.1. The maximum Gasteiger partial charge on any atom is 0.374 e. The Kier molecular flexibility index (Phi) is 4.59. The number of carbonyl (C=O) groups is 1. The molecule has 128 valence electrons. The van der Waals surface area contributed by atoms with Gasteiger partial charge in [0.2, 0.25) is 5.76 Å². The van der Waals surface area contributed by atoms with Gasteiger partial charge in [0.05, 0.1) is 19.9 Å². The molecule has 3 rings (SSSR count). The number of piperidine rings is 1. The molecule has 1 aliphatic heterocycles. The zero-order valence-electron chi connectivity index (χ0n) is 13.7. The van der Waals surface area contributed by atoms with Gasteiger partial charge in [0.25, 0.3) is 0 Å². The summed E-state index contributed by atoms with van der Waals surface area (Å²) in [5, 5.41) is 12.8. The Balaban J connectivity index is 2.04. The van der Waals surface area contributed by atoms with Gasteiger partial charge in [-0.05, 0) is 25.3 Å². The Hall–Kier alpha value is -2.70. The van der Waals surface area contributed by atoms with E-state index in [1.807, 2.05) is 12.1 Å². The number of carboxylic acid groups (broad SMARTS) is 1. The van der Waals surface area contributed by atoms with Crippen LogP contribution in [0.25, 0.3) is 11.3 Å².